The highest BCUT2D eigenvalue weighted by atomic mass is 35.5. The molecule has 0 radical (unpaired) electrons. The first-order chi connectivity index (χ1) is 10.3. The van der Waals surface area contributed by atoms with Crippen LogP contribution in [0.25, 0.3) is 10.9 Å². The van der Waals surface area contributed by atoms with Gasteiger partial charge in [-0.25, -0.2) is 0 Å². The normalized spacial score (nSPS) is 10.7. The fourth-order valence-electron chi connectivity index (χ4n) is 2.42. The quantitative estimate of drug-likeness (QED) is 0.712. The lowest BCUT2D eigenvalue weighted by Crippen LogP contribution is -2.07. The van der Waals surface area contributed by atoms with Crippen LogP contribution in [0.5, 0.6) is 0 Å². The highest BCUT2D eigenvalue weighted by molar-refractivity contribution is 6.33. The standard InChI is InChI=1S/C17H16ClN3/c18-14-7-2-8-15(19)17(14)21-11-9-13-5-1-4-12-6-3-10-20-16(12)13/h1-8,10,21H,9,11,19H2. The number of hydrogen-bond donors (Lipinski definition) is 2. The Morgan fingerprint density at radius 2 is 1.86 bits per heavy atom. The molecule has 0 aliphatic carbocycles. The molecule has 0 aliphatic rings. The molecular formula is C17H16ClN3. The van der Waals surface area contributed by atoms with Gasteiger partial charge in [-0.05, 0) is 30.2 Å². The Morgan fingerprint density at radius 3 is 2.71 bits per heavy atom. The number of nitrogens with zero attached hydrogens (tertiary/aromatic N) is 1. The van der Waals surface area contributed by atoms with Crippen molar-refractivity contribution in [3.05, 3.63) is 65.3 Å². The minimum absolute atomic E-state index is 0.644. The first-order valence-corrected chi connectivity index (χ1v) is 7.24. The minimum atomic E-state index is 0.644. The topological polar surface area (TPSA) is 50.9 Å². The number of nitrogens with one attached hydrogen (secondary N) is 1. The number of nitrogen functional groups attached to an aromatic ring is 1. The molecule has 4 heteroatoms. The molecule has 0 amide bonds. The summed E-state index contributed by atoms with van der Waals surface area (Å²) in [5, 5.41) is 5.11. The van der Waals surface area contributed by atoms with Crippen molar-refractivity contribution in [1.82, 2.24) is 4.98 Å². The fourth-order valence-corrected chi connectivity index (χ4v) is 2.67. The van der Waals surface area contributed by atoms with E-state index in [0.717, 1.165) is 29.6 Å². The number of aromatic nitrogens is 1. The van der Waals surface area contributed by atoms with Gasteiger partial charge in [-0.15, -0.1) is 0 Å². The lowest BCUT2D eigenvalue weighted by molar-refractivity contribution is 1.03. The van der Waals surface area contributed by atoms with Crippen molar-refractivity contribution in [1.29, 1.82) is 0 Å². The fraction of sp³-hybridized carbons (Fsp3) is 0.118. The van der Waals surface area contributed by atoms with E-state index >= 15 is 0 Å². The number of hydrogen-bond acceptors (Lipinski definition) is 3. The summed E-state index contributed by atoms with van der Waals surface area (Å²) in [7, 11) is 0. The van der Waals surface area contributed by atoms with E-state index in [9.17, 15) is 0 Å². The van der Waals surface area contributed by atoms with Crippen molar-refractivity contribution in [3.8, 4) is 0 Å². The number of pyridine rings is 1. The number of benzene rings is 2. The largest absolute Gasteiger partial charge is 0.397 e. The van der Waals surface area contributed by atoms with Crippen LogP contribution >= 0.6 is 11.6 Å². The van der Waals surface area contributed by atoms with E-state index in [1.807, 2.05) is 30.5 Å². The molecule has 0 fully saturated rings. The van der Waals surface area contributed by atoms with E-state index in [1.165, 1.54) is 5.56 Å². The van der Waals surface area contributed by atoms with Crippen molar-refractivity contribution in [2.75, 3.05) is 17.6 Å². The predicted molar refractivity (Wildman–Crippen MR) is 89.8 cm³/mol. The van der Waals surface area contributed by atoms with Gasteiger partial charge in [0.15, 0.2) is 0 Å². The molecule has 3 rings (SSSR count). The summed E-state index contributed by atoms with van der Waals surface area (Å²) in [6.07, 6.45) is 2.68. The summed E-state index contributed by atoms with van der Waals surface area (Å²) in [5.74, 6) is 0. The summed E-state index contributed by atoms with van der Waals surface area (Å²) in [5.41, 5.74) is 9.66. The van der Waals surface area contributed by atoms with E-state index in [0.29, 0.717) is 10.7 Å². The van der Waals surface area contributed by atoms with Gasteiger partial charge in [0.05, 0.1) is 21.9 Å². The minimum Gasteiger partial charge on any atom is -0.397 e. The van der Waals surface area contributed by atoms with Crippen molar-refractivity contribution in [2.24, 2.45) is 0 Å². The Balaban J connectivity index is 1.76. The van der Waals surface area contributed by atoms with Crippen molar-refractivity contribution < 1.29 is 0 Å². The Labute approximate surface area is 128 Å². The summed E-state index contributed by atoms with van der Waals surface area (Å²) >= 11 is 6.15. The van der Waals surface area contributed by atoms with Crippen LogP contribution in [0.3, 0.4) is 0 Å². The number of anilines is 2. The molecule has 0 aliphatic heterocycles. The second kappa shape index (κ2) is 6.02. The molecule has 2 aromatic carbocycles. The highest BCUT2D eigenvalue weighted by Crippen LogP contribution is 2.27. The Kier molecular flexibility index (Phi) is 3.93. The molecular weight excluding hydrogens is 282 g/mol. The molecule has 3 nitrogen and oxygen atoms in total. The van der Waals surface area contributed by atoms with Gasteiger partial charge < -0.3 is 11.1 Å². The van der Waals surface area contributed by atoms with Crippen LogP contribution in [0.1, 0.15) is 5.56 Å². The van der Waals surface area contributed by atoms with Gasteiger partial charge in [0.25, 0.3) is 0 Å². The number of fused-ring (bicyclic) bond motifs is 1. The number of nitrogens with two attached hydrogens (primary N) is 1. The average Bonchev–Trinajstić information content (AvgIpc) is 2.50. The van der Waals surface area contributed by atoms with Gasteiger partial charge in [0, 0.05) is 18.1 Å². The third-order valence-corrected chi connectivity index (χ3v) is 3.77. The third kappa shape index (κ3) is 2.93. The van der Waals surface area contributed by atoms with E-state index in [2.05, 4.69) is 34.6 Å². The molecule has 0 saturated carbocycles. The van der Waals surface area contributed by atoms with Gasteiger partial charge in [-0.1, -0.05) is 41.9 Å². The smallest absolute Gasteiger partial charge is 0.0763 e. The van der Waals surface area contributed by atoms with Gasteiger partial charge >= 0.3 is 0 Å². The van der Waals surface area contributed by atoms with E-state index in [1.54, 1.807) is 0 Å². The van der Waals surface area contributed by atoms with Crippen molar-refractivity contribution in [2.45, 2.75) is 6.42 Å². The summed E-state index contributed by atoms with van der Waals surface area (Å²) in [6.45, 7) is 0.754. The second-order valence-corrected chi connectivity index (χ2v) is 5.28. The maximum Gasteiger partial charge on any atom is 0.0763 e. The zero-order chi connectivity index (χ0) is 14.7. The second-order valence-electron chi connectivity index (χ2n) is 4.87. The first kappa shape index (κ1) is 13.7. The van der Waals surface area contributed by atoms with Gasteiger partial charge in [0.1, 0.15) is 0 Å². The molecule has 0 spiro atoms. The van der Waals surface area contributed by atoms with Gasteiger partial charge in [-0.3, -0.25) is 4.98 Å². The number of para-hydroxylation sites is 2. The third-order valence-electron chi connectivity index (χ3n) is 3.46. The van der Waals surface area contributed by atoms with E-state index in [-0.39, 0.29) is 0 Å². The molecule has 3 aromatic rings. The molecule has 0 bridgehead atoms. The van der Waals surface area contributed by atoms with Crippen LogP contribution in [0, 0.1) is 0 Å². The van der Waals surface area contributed by atoms with E-state index in [4.69, 9.17) is 17.3 Å². The Morgan fingerprint density at radius 1 is 1.05 bits per heavy atom. The van der Waals surface area contributed by atoms with Crippen LogP contribution in [0.2, 0.25) is 5.02 Å². The van der Waals surface area contributed by atoms with Crippen molar-refractivity contribution in [3.63, 3.8) is 0 Å². The Hall–Kier alpha value is -2.26. The van der Waals surface area contributed by atoms with Gasteiger partial charge in [0.2, 0.25) is 0 Å². The molecule has 1 heterocycles. The van der Waals surface area contributed by atoms with Gasteiger partial charge in [-0.2, -0.15) is 0 Å². The SMILES string of the molecule is Nc1cccc(Cl)c1NCCc1cccc2cccnc12. The predicted octanol–water partition coefficient (Wildman–Crippen LogP) is 4.13. The monoisotopic (exact) mass is 297 g/mol. The molecule has 3 N–H and O–H groups in total. The lowest BCUT2D eigenvalue weighted by Gasteiger charge is -2.11. The molecule has 1 aromatic heterocycles. The summed E-state index contributed by atoms with van der Waals surface area (Å²) in [6, 6.07) is 15.8. The Bertz CT molecular complexity index is 745. The first-order valence-electron chi connectivity index (χ1n) is 6.86. The molecule has 0 unspecified atom stereocenters. The maximum atomic E-state index is 6.15. The molecule has 21 heavy (non-hydrogen) atoms. The molecule has 106 valence electrons. The zero-order valence-electron chi connectivity index (χ0n) is 11.5. The molecule has 0 saturated heterocycles. The highest BCUT2D eigenvalue weighted by Gasteiger charge is 2.05. The van der Waals surface area contributed by atoms with Crippen LogP contribution in [0.15, 0.2) is 54.7 Å². The number of rotatable bonds is 4. The van der Waals surface area contributed by atoms with Crippen molar-refractivity contribution >= 4 is 33.9 Å². The van der Waals surface area contributed by atoms with Crippen LogP contribution in [-0.2, 0) is 6.42 Å². The van der Waals surface area contributed by atoms with Crippen LogP contribution in [-0.4, -0.2) is 11.5 Å². The zero-order valence-corrected chi connectivity index (χ0v) is 12.3. The lowest BCUT2D eigenvalue weighted by atomic mass is 10.1. The maximum absolute atomic E-state index is 6.15. The van der Waals surface area contributed by atoms with Crippen LogP contribution < -0.4 is 11.1 Å². The average molecular weight is 298 g/mol. The molecule has 0 atom stereocenters. The van der Waals surface area contributed by atoms with Crippen LogP contribution in [0.4, 0.5) is 11.4 Å². The summed E-state index contributed by atoms with van der Waals surface area (Å²) < 4.78 is 0. The number of halogens is 1. The van der Waals surface area contributed by atoms with E-state index < -0.39 is 0 Å². The summed E-state index contributed by atoms with van der Waals surface area (Å²) in [4.78, 5) is 4.46.